The monoisotopic (exact) mass is 356 g/mol. The van der Waals surface area contributed by atoms with Gasteiger partial charge in [0.05, 0.1) is 0 Å². The molecule has 1 saturated heterocycles. The van der Waals surface area contributed by atoms with E-state index in [9.17, 15) is 4.79 Å². The molecule has 0 bridgehead atoms. The highest BCUT2D eigenvalue weighted by atomic mass is 16.1. The van der Waals surface area contributed by atoms with Gasteiger partial charge in [-0.15, -0.1) is 15.3 Å². The molecule has 1 amide bonds. The predicted molar refractivity (Wildman–Crippen MR) is 100 cm³/mol. The number of rotatable bonds is 5. The van der Waals surface area contributed by atoms with E-state index in [2.05, 4.69) is 20.4 Å². The Bertz CT molecular complexity index is 746. The highest BCUT2D eigenvalue weighted by Crippen LogP contribution is 2.19. The number of carbonyl (C=O) groups is 1. The Hall–Kier alpha value is -2.18. The van der Waals surface area contributed by atoms with Crippen molar-refractivity contribution in [1.29, 1.82) is 0 Å². The van der Waals surface area contributed by atoms with Gasteiger partial charge < -0.3 is 10.2 Å². The molecule has 7 heteroatoms. The van der Waals surface area contributed by atoms with Crippen LogP contribution in [0.4, 0.5) is 5.82 Å². The van der Waals surface area contributed by atoms with Gasteiger partial charge in [-0.2, -0.15) is 4.52 Å². The zero-order valence-electron chi connectivity index (χ0n) is 15.4. The minimum Gasteiger partial charge on any atom is -0.355 e. The largest absolute Gasteiger partial charge is 0.355 e. The van der Waals surface area contributed by atoms with Crippen LogP contribution in [0.25, 0.3) is 5.65 Å². The fraction of sp³-hybridized carbons (Fsp3) is 0.684. The van der Waals surface area contributed by atoms with Crippen LogP contribution in [0.1, 0.15) is 63.6 Å². The van der Waals surface area contributed by atoms with Crippen LogP contribution in [-0.2, 0) is 11.2 Å². The van der Waals surface area contributed by atoms with E-state index in [1.165, 1.54) is 38.5 Å². The molecule has 2 aliphatic rings. The third-order valence-corrected chi connectivity index (χ3v) is 5.54. The van der Waals surface area contributed by atoms with Gasteiger partial charge in [-0.05, 0) is 44.2 Å². The third-order valence-electron chi connectivity index (χ3n) is 5.54. The van der Waals surface area contributed by atoms with E-state index in [1.807, 2.05) is 12.1 Å². The molecule has 140 valence electrons. The lowest BCUT2D eigenvalue weighted by molar-refractivity contribution is -0.122. The highest BCUT2D eigenvalue weighted by molar-refractivity contribution is 5.76. The summed E-state index contributed by atoms with van der Waals surface area (Å²) in [6.45, 7) is 2.11. The maximum absolute atomic E-state index is 12.3. The lowest BCUT2D eigenvalue weighted by Crippen LogP contribution is -2.36. The summed E-state index contributed by atoms with van der Waals surface area (Å²) in [5, 5.41) is 16.4. The van der Waals surface area contributed by atoms with Crippen LogP contribution in [0.5, 0.6) is 0 Å². The number of aromatic nitrogens is 4. The SMILES string of the molecule is O=C(CCc1nnc2ccc(N3CCCCC3)nn12)NC1CCCCC1. The van der Waals surface area contributed by atoms with E-state index in [-0.39, 0.29) is 5.91 Å². The molecule has 0 unspecified atom stereocenters. The second kappa shape index (κ2) is 8.01. The van der Waals surface area contributed by atoms with E-state index in [0.29, 0.717) is 18.9 Å². The molecule has 0 aromatic carbocycles. The van der Waals surface area contributed by atoms with Gasteiger partial charge in [0, 0.05) is 32.0 Å². The van der Waals surface area contributed by atoms with Crippen LogP contribution in [-0.4, -0.2) is 44.8 Å². The first-order valence-electron chi connectivity index (χ1n) is 10.1. The number of aryl methyl sites for hydroxylation is 1. The first kappa shape index (κ1) is 17.2. The number of nitrogens with zero attached hydrogens (tertiary/aromatic N) is 5. The molecule has 0 spiro atoms. The van der Waals surface area contributed by atoms with Gasteiger partial charge in [-0.1, -0.05) is 19.3 Å². The third kappa shape index (κ3) is 3.97. The molecule has 0 atom stereocenters. The quantitative estimate of drug-likeness (QED) is 0.891. The Kier molecular flexibility index (Phi) is 5.32. The van der Waals surface area contributed by atoms with Gasteiger partial charge in [0.25, 0.3) is 0 Å². The molecular formula is C19H28N6O. The maximum atomic E-state index is 12.3. The number of anilines is 1. The van der Waals surface area contributed by atoms with Crippen LogP contribution in [0.2, 0.25) is 0 Å². The van der Waals surface area contributed by atoms with Gasteiger partial charge in [-0.3, -0.25) is 4.79 Å². The molecule has 0 radical (unpaired) electrons. The topological polar surface area (TPSA) is 75.4 Å². The van der Waals surface area contributed by atoms with Crippen LogP contribution >= 0.6 is 0 Å². The van der Waals surface area contributed by atoms with E-state index in [1.54, 1.807) is 4.52 Å². The number of nitrogens with one attached hydrogen (secondary N) is 1. The molecule has 1 saturated carbocycles. The average Bonchev–Trinajstić information content (AvgIpc) is 3.10. The van der Waals surface area contributed by atoms with Crippen molar-refractivity contribution in [2.24, 2.45) is 0 Å². The van der Waals surface area contributed by atoms with Crippen LogP contribution in [0.15, 0.2) is 12.1 Å². The minimum absolute atomic E-state index is 0.112. The van der Waals surface area contributed by atoms with Crippen molar-refractivity contribution in [2.45, 2.75) is 70.3 Å². The van der Waals surface area contributed by atoms with Gasteiger partial charge in [-0.25, -0.2) is 0 Å². The summed E-state index contributed by atoms with van der Waals surface area (Å²) >= 11 is 0. The first-order chi connectivity index (χ1) is 12.8. The van der Waals surface area contributed by atoms with Crippen molar-refractivity contribution in [3.05, 3.63) is 18.0 Å². The molecule has 2 aromatic rings. The minimum atomic E-state index is 0.112. The summed E-state index contributed by atoms with van der Waals surface area (Å²) in [5.74, 6) is 1.85. The normalized spacial score (nSPS) is 19.0. The molecule has 4 rings (SSSR count). The Morgan fingerprint density at radius 2 is 1.81 bits per heavy atom. The van der Waals surface area contributed by atoms with Crippen molar-refractivity contribution < 1.29 is 4.79 Å². The van der Waals surface area contributed by atoms with Crippen molar-refractivity contribution >= 4 is 17.4 Å². The van der Waals surface area contributed by atoms with Crippen LogP contribution < -0.4 is 10.2 Å². The van der Waals surface area contributed by atoms with Gasteiger partial charge in [0.15, 0.2) is 11.5 Å². The zero-order valence-corrected chi connectivity index (χ0v) is 15.4. The molecule has 1 aliphatic heterocycles. The smallest absolute Gasteiger partial charge is 0.220 e. The Morgan fingerprint density at radius 1 is 1.04 bits per heavy atom. The molecule has 2 aromatic heterocycles. The second-order valence-corrected chi connectivity index (χ2v) is 7.53. The number of hydrogen-bond donors (Lipinski definition) is 1. The van der Waals surface area contributed by atoms with Crippen molar-refractivity contribution in [3.8, 4) is 0 Å². The Labute approximate surface area is 154 Å². The zero-order chi connectivity index (χ0) is 17.8. The van der Waals surface area contributed by atoms with Crippen molar-refractivity contribution in [3.63, 3.8) is 0 Å². The molecule has 7 nitrogen and oxygen atoms in total. The van der Waals surface area contributed by atoms with Gasteiger partial charge in [0.1, 0.15) is 5.82 Å². The van der Waals surface area contributed by atoms with E-state index >= 15 is 0 Å². The summed E-state index contributed by atoms with van der Waals surface area (Å²) in [5.41, 5.74) is 0.744. The molecule has 2 fully saturated rings. The number of piperidine rings is 1. The summed E-state index contributed by atoms with van der Waals surface area (Å²) in [6, 6.07) is 4.35. The Balaban J connectivity index is 1.40. The summed E-state index contributed by atoms with van der Waals surface area (Å²) in [4.78, 5) is 14.6. The molecule has 3 heterocycles. The van der Waals surface area contributed by atoms with E-state index < -0.39 is 0 Å². The van der Waals surface area contributed by atoms with Crippen LogP contribution in [0.3, 0.4) is 0 Å². The second-order valence-electron chi connectivity index (χ2n) is 7.53. The lowest BCUT2D eigenvalue weighted by atomic mass is 9.95. The molecule has 1 N–H and O–H groups in total. The lowest BCUT2D eigenvalue weighted by Gasteiger charge is -2.27. The number of fused-ring (bicyclic) bond motifs is 1. The van der Waals surface area contributed by atoms with Crippen molar-refractivity contribution in [1.82, 2.24) is 25.1 Å². The highest BCUT2D eigenvalue weighted by Gasteiger charge is 2.17. The Morgan fingerprint density at radius 3 is 2.62 bits per heavy atom. The van der Waals surface area contributed by atoms with E-state index in [0.717, 1.165) is 43.2 Å². The molecule has 26 heavy (non-hydrogen) atoms. The standard InChI is InChI=1S/C19H28N6O/c26-19(20-15-7-3-1-4-8-15)12-11-17-22-21-16-9-10-18(23-25(16)17)24-13-5-2-6-14-24/h9-10,15H,1-8,11-14H2,(H,20,26). The van der Waals surface area contributed by atoms with Gasteiger partial charge in [0.2, 0.25) is 5.91 Å². The maximum Gasteiger partial charge on any atom is 0.220 e. The fourth-order valence-corrected chi connectivity index (χ4v) is 4.04. The summed E-state index contributed by atoms with van der Waals surface area (Å²) in [6.07, 6.45) is 10.7. The molecule has 1 aliphatic carbocycles. The first-order valence-corrected chi connectivity index (χ1v) is 10.1. The summed E-state index contributed by atoms with van der Waals surface area (Å²) in [7, 11) is 0. The molecular weight excluding hydrogens is 328 g/mol. The van der Waals surface area contributed by atoms with Crippen LogP contribution in [0, 0.1) is 0 Å². The number of amides is 1. The number of hydrogen-bond acceptors (Lipinski definition) is 5. The van der Waals surface area contributed by atoms with Crippen molar-refractivity contribution in [2.75, 3.05) is 18.0 Å². The summed E-state index contributed by atoms with van der Waals surface area (Å²) < 4.78 is 1.80. The number of carbonyl (C=O) groups excluding carboxylic acids is 1. The van der Waals surface area contributed by atoms with Gasteiger partial charge >= 0.3 is 0 Å². The average molecular weight is 356 g/mol. The predicted octanol–water partition coefficient (Wildman–Crippen LogP) is 2.50. The fourth-order valence-electron chi connectivity index (χ4n) is 4.04. The van der Waals surface area contributed by atoms with E-state index in [4.69, 9.17) is 5.10 Å².